The van der Waals surface area contributed by atoms with Crippen LogP contribution < -0.4 is 0 Å². The first-order valence-electron chi connectivity index (χ1n) is 6.14. The Morgan fingerprint density at radius 1 is 1.44 bits per heavy atom. The van der Waals surface area contributed by atoms with E-state index >= 15 is 0 Å². The van der Waals surface area contributed by atoms with E-state index in [0.717, 1.165) is 24.1 Å². The molecule has 1 unspecified atom stereocenters. The average Bonchev–Trinajstić information content (AvgIpc) is 2.78. The monoisotopic (exact) mass is 248 g/mol. The van der Waals surface area contributed by atoms with E-state index in [1.54, 1.807) is 12.3 Å². The second kappa shape index (κ2) is 5.78. The first-order valence-corrected chi connectivity index (χ1v) is 6.14. The van der Waals surface area contributed by atoms with E-state index in [0.29, 0.717) is 6.42 Å². The predicted molar refractivity (Wildman–Crippen MR) is 67.6 cm³/mol. The lowest BCUT2D eigenvalue weighted by Crippen LogP contribution is -2.01. The molecule has 96 valence electrons. The molecule has 0 amide bonds. The Bertz CT molecular complexity index is 510. The van der Waals surface area contributed by atoms with Crippen molar-refractivity contribution >= 4 is 0 Å². The summed E-state index contributed by atoms with van der Waals surface area (Å²) in [5.41, 5.74) is 1.55. The maximum absolute atomic E-state index is 13.0. The molecule has 2 rings (SSSR count). The molecule has 0 fully saturated rings. The van der Waals surface area contributed by atoms with Crippen LogP contribution in [0.25, 0.3) is 0 Å². The summed E-state index contributed by atoms with van der Waals surface area (Å²) in [4.78, 5) is 0. The first-order chi connectivity index (χ1) is 8.69. The molecule has 0 aliphatic heterocycles. The van der Waals surface area contributed by atoms with Crippen LogP contribution in [0.5, 0.6) is 0 Å². The van der Waals surface area contributed by atoms with E-state index in [1.165, 1.54) is 12.1 Å². The van der Waals surface area contributed by atoms with Crippen LogP contribution in [0, 0.1) is 5.82 Å². The van der Waals surface area contributed by atoms with Crippen LogP contribution >= 0.6 is 0 Å². The fourth-order valence-electron chi connectivity index (χ4n) is 1.91. The highest BCUT2D eigenvalue weighted by Gasteiger charge is 2.11. The summed E-state index contributed by atoms with van der Waals surface area (Å²) >= 11 is 0. The van der Waals surface area contributed by atoms with Gasteiger partial charge in [0.15, 0.2) is 0 Å². The van der Waals surface area contributed by atoms with Gasteiger partial charge in [-0.25, -0.2) is 4.39 Å². The van der Waals surface area contributed by atoms with Crippen LogP contribution in [0.15, 0.2) is 36.7 Å². The number of aliphatic hydroxyl groups excluding tert-OH is 1. The Kier molecular flexibility index (Phi) is 4.10. The fourth-order valence-corrected chi connectivity index (χ4v) is 1.91. The molecule has 1 aromatic carbocycles. The maximum Gasteiger partial charge on any atom is 0.123 e. The third-order valence-corrected chi connectivity index (χ3v) is 2.81. The summed E-state index contributed by atoms with van der Waals surface area (Å²) in [6.45, 7) is 2.91. The van der Waals surface area contributed by atoms with Crippen LogP contribution in [-0.2, 0) is 13.0 Å². The van der Waals surface area contributed by atoms with Gasteiger partial charge in [-0.15, -0.1) is 0 Å². The van der Waals surface area contributed by atoms with E-state index in [9.17, 15) is 9.50 Å². The molecule has 0 saturated heterocycles. The lowest BCUT2D eigenvalue weighted by Gasteiger charge is -2.08. The third kappa shape index (κ3) is 3.17. The van der Waals surface area contributed by atoms with Crippen molar-refractivity contribution in [2.75, 3.05) is 0 Å². The second-order valence-electron chi connectivity index (χ2n) is 4.39. The zero-order valence-corrected chi connectivity index (χ0v) is 10.4. The van der Waals surface area contributed by atoms with Gasteiger partial charge in [0, 0.05) is 24.7 Å². The Balaban J connectivity index is 2.04. The molecule has 2 aromatic rings. The Morgan fingerprint density at radius 3 is 3.00 bits per heavy atom. The maximum atomic E-state index is 13.0. The Labute approximate surface area is 106 Å². The Morgan fingerprint density at radius 2 is 2.28 bits per heavy atom. The SMILES string of the molecule is CCCn1cc(C(O)Cc2cccc(F)c2)cn1. The van der Waals surface area contributed by atoms with Crippen LogP contribution in [0.4, 0.5) is 4.39 Å². The largest absolute Gasteiger partial charge is 0.388 e. The molecular formula is C14H17FN2O. The minimum Gasteiger partial charge on any atom is -0.388 e. The number of halogens is 1. The van der Waals surface area contributed by atoms with Gasteiger partial charge in [0.1, 0.15) is 5.82 Å². The molecule has 0 aliphatic rings. The van der Waals surface area contributed by atoms with Crippen molar-refractivity contribution in [3.05, 3.63) is 53.6 Å². The van der Waals surface area contributed by atoms with Crippen LogP contribution in [0.3, 0.4) is 0 Å². The van der Waals surface area contributed by atoms with E-state index in [2.05, 4.69) is 12.0 Å². The molecule has 4 heteroatoms. The lowest BCUT2D eigenvalue weighted by molar-refractivity contribution is 0.178. The molecule has 0 spiro atoms. The first kappa shape index (κ1) is 12.8. The number of hydrogen-bond acceptors (Lipinski definition) is 2. The summed E-state index contributed by atoms with van der Waals surface area (Å²) in [5.74, 6) is -0.277. The van der Waals surface area contributed by atoms with Crippen molar-refractivity contribution in [3.63, 3.8) is 0 Å². The number of benzene rings is 1. The number of nitrogens with zero attached hydrogens (tertiary/aromatic N) is 2. The van der Waals surface area contributed by atoms with E-state index in [4.69, 9.17) is 0 Å². The van der Waals surface area contributed by atoms with Crippen molar-refractivity contribution in [2.45, 2.75) is 32.4 Å². The van der Waals surface area contributed by atoms with Gasteiger partial charge in [-0.05, 0) is 24.1 Å². The molecule has 3 nitrogen and oxygen atoms in total. The van der Waals surface area contributed by atoms with Gasteiger partial charge in [0.05, 0.1) is 12.3 Å². The molecule has 0 aliphatic carbocycles. The minimum atomic E-state index is -0.641. The molecule has 0 radical (unpaired) electrons. The highest BCUT2D eigenvalue weighted by Crippen LogP contribution is 2.18. The van der Waals surface area contributed by atoms with Crippen molar-refractivity contribution in [1.82, 2.24) is 9.78 Å². The topological polar surface area (TPSA) is 38.0 Å². The molecule has 1 atom stereocenters. The molecule has 1 N–H and O–H groups in total. The van der Waals surface area contributed by atoms with Crippen molar-refractivity contribution in [1.29, 1.82) is 0 Å². The number of aliphatic hydroxyl groups is 1. The molecule has 1 heterocycles. The zero-order chi connectivity index (χ0) is 13.0. The average molecular weight is 248 g/mol. The van der Waals surface area contributed by atoms with Gasteiger partial charge in [-0.3, -0.25) is 4.68 Å². The number of aromatic nitrogens is 2. The summed E-state index contributed by atoms with van der Waals surface area (Å²) in [6.07, 6.45) is 4.27. The van der Waals surface area contributed by atoms with Crippen LogP contribution in [0.2, 0.25) is 0 Å². The summed E-state index contributed by atoms with van der Waals surface area (Å²) < 4.78 is 14.8. The smallest absolute Gasteiger partial charge is 0.123 e. The number of hydrogen-bond donors (Lipinski definition) is 1. The number of rotatable bonds is 5. The van der Waals surface area contributed by atoms with Gasteiger partial charge < -0.3 is 5.11 Å². The molecular weight excluding hydrogens is 231 g/mol. The van der Waals surface area contributed by atoms with Gasteiger partial charge in [0.25, 0.3) is 0 Å². The van der Waals surface area contributed by atoms with Crippen molar-refractivity contribution in [3.8, 4) is 0 Å². The second-order valence-corrected chi connectivity index (χ2v) is 4.39. The van der Waals surface area contributed by atoms with E-state index in [1.807, 2.05) is 16.9 Å². The lowest BCUT2D eigenvalue weighted by atomic mass is 10.0. The quantitative estimate of drug-likeness (QED) is 0.883. The van der Waals surface area contributed by atoms with E-state index in [-0.39, 0.29) is 5.82 Å². The van der Waals surface area contributed by atoms with Crippen molar-refractivity contribution in [2.24, 2.45) is 0 Å². The highest BCUT2D eigenvalue weighted by molar-refractivity contribution is 5.20. The number of aryl methyl sites for hydroxylation is 1. The molecule has 0 bridgehead atoms. The molecule has 1 aromatic heterocycles. The molecule has 0 saturated carbocycles. The zero-order valence-electron chi connectivity index (χ0n) is 10.4. The standard InChI is InChI=1S/C14H17FN2O/c1-2-6-17-10-12(9-16-17)14(18)8-11-4-3-5-13(15)7-11/h3-5,7,9-10,14,18H,2,6,8H2,1H3. The van der Waals surface area contributed by atoms with Crippen LogP contribution in [0.1, 0.15) is 30.6 Å². The Hall–Kier alpha value is -1.68. The normalized spacial score (nSPS) is 12.6. The van der Waals surface area contributed by atoms with Gasteiger partial charge in [-0.2, -0.15) is 5.10 Å². The highest BCUT2D eigenvalue weighted by atomic mass is 19.1. The fraction of sp³-hybridized carbons (Fsp3) is 0.357. The van der Waals surface area contributed by atoms with E-state index < -0.39 is 6.10 Å². The van der Waals surface area contributed by atoms with Gasteiger partial charge in [-0.1, -0.05) is 19.1 Å². The predicted octanol–water partition coefficient (Wildman–Crippen LogP) is 2.71. The molecule has 18 heavy (non-hydrogen) atoms. The van der Waals surface area contributed by atoms with Crippen molar-refractivity contribution < 1.29 is 9.50 Å². The summed E-state index contributed by atoms with van der Waals surface area (Å²) in [5, 5.41) is 14.2. The van der Waals surface area contributed by atoms with Gasteiger partial charge in [0.2, 0.25) is 0 Å². The third-order valence-electron chi connectivity index (χ3n) is 2.81. The van der Waals surface area contributed by atoms with Gasteiger partial charge >= 0.3 is 0 Å². The summed E-state index contributed by atoms with van der Waals surface area (Å²) in [7, 11) is 0. The van der Waals surface area contributed by atoms with Crippen LogP contribution in [-0.4, -0.2) is 14.9 Å². The summed E-state index contributed by atoms with van der Waals surface area (Å²) in [6, 6.07) is 6.30. The minimum absolute atomic E-state index is 0.277.